The van der Waals surface area contributed by atoms with Gasteiger partial charge in [-0.25, -0.2) is 4.68 Å². The van der Waals surface area contributed by atoms with Crippen molar-refractivity contribution in [2.45, 2.75) is 51.0 Å². The van der Waals surface area contributed by atoms with Gasteiger partial charge in [-0.05, 0) is 38.5 Å². The minimum atomic E-state index is -4.49. The molecule has 28 heavy (non-hydrogen) atoms. The Morgan fingerprint density at radius 3 is 2.43 bits per heavy atom. The first-order valence-electron chi connectivity index (χ1n) is 8.87. The molecule has 0 fully saturated rings. The number of benzene rings is 1. The van der Waals surface area contributed by atoms with Crippen molar-refractivity contribution in [3.8, 4) is 5.75 Å². The molecule has 1 aromatic heterocycles. The largest absolute Gasteiger partial charge is 0.497 e. The fraction of sp³-hybridized carbons (Fsp3) is 0.474. The summed E-state index contributed by atoms with van der Waals surface area (Å²) in [4.78, 5) is 12.3. The smallest absolute Gasteiger partial charge is 0.410 e. The normalized spacial score (nSPS) is 19.5. The summed E-state index contributed by atoms with van der Waals surface area (Å²) in [5.41, 5.74) is 0.120. The first-order chi connectivity index (χ1) is 13.0. The Kier molecular flexibility index (Phi) is 5.03. The van der Waals surface area contributed by atoms with Crippen LogP contribution >= 0.6 is 0 Å². The van der Waals surface area contributed by atoms with E-state index >= 15 is 0 Å². The quantitative estimate of drug-likeness (QED) is 0.820. The van der Waals surface area contributed by atoms with Gasteiger partial charge in [0.05, 0.1) is 13.2 Å². The van der Waals surface area contributed by atoms with E-state index in [2.05, 4.69) is 15.7 Å². The average Bonchev–Trinajstić information content (AvgIpc) is 3.03. The van der Waals surface area contributed by atoms with Gasteiger partial charge in [-0.3, -0.25) is 4.79 Å². The number of amides is 1. The van der Waals surface area contributed by atoms with Crippen LogP contribution in [0.4, 0.5) is 19.0 Å². The van der Waals surface area contributed by atoms with Gasteiger partial charge in [0.25, 0.3) is 5.91 Å². The minimum absolute atomic E-state index is 0.0537. The Bertz CT molecular complexity index is 854. The molecular formula is C19H23F3N4O2. The van der Waals surface area contributed by atoms with E-state index < -0.39 is 29.7 Å². The lowest BCUT2D eigenvalue weighted by Gasteiger charge is -2.33. The summed E-state index contributed by atoms with van der Waals surface area (Å²) in [5.74, 6) is 0.268. The highest BCUT2D eigenvalue weighted by Gasteiger charge is 2.46. The Morgan fingerprint density at radius 2 is 1.89 bits per heavy atom. The Hall–Kier alpha value is -2.71. The third kappa shape index (κ3) is 4.23. The molecule has 2 atom stereocenters. The van der Waals surface area contributed by atoms with Gasteiger partial charge in [0.2, 0.25) is 0 Å². The maximum absolute atomic E-state index is 13.7. The number of nitrogens with one attached hydrogen (secondary N) is 2. The van der Waals surface area contributed by atoms with Crippen molar-refractivity contribution < 1.29 is 22.7 Å². The van der Waals surface area contributed by atoms with Gasteiger partial charge >= 0.3 is 6.18 Å². The SMILES string of the molecule is COc1ccc(C2CC(C(F)(F)F)n3nc(C(=O)NC(C)(C)C)cc3N2)cc1. The Labute approximate surface area is 161 Å². The molecule has 0 spiro atoms. The fourth-order valence-electron chi connectivity index (χ4n) is 3.14. The molecule has 0 saturated carbocycles. The van der Waals surface area contributed by atoms with Crippen LogP contribution in [0.1, 0.15) is 55.3 Å². The van der Waals surface area contributed by atoms with Crippen LogP contribution in [0.5, 0.6) is 5.75 Å². The monoisotopic (exact) mass is 396 g/mol. The number of fused-ring (bicyclic) bond motifs is 1. The summed E-state index contributed by atoms with van der Waals surface area (Å²) in [5, 5.41) is 9.73. The molecule has 0 radical (unpaired) electrons. The molecule has 6 nitrogen and oxygen atoms in total. The lowest BCUT2D eigenvalue weighted by atomic mass is 9.97. The van der Waals surface area contributed by atoms with E-state index in [-0.39, 0.29) is 17.9 Å². The molecule has 0 bridgehead atoms. The number of hydrogen-bond donors (Lipinski definition) is 2. The number of methoxy groups -OCH3 is 1. The number of nitrogens with zero attached hydrogens (tertiary/aromatic N) is 2. The highest BCUT2D eigenvalue weighted by atomic mass is 19.4. The van der Waals surface area contributed by atoms with E-state index in [0.29, 0.717) is 11.3 Å². The molecule has 3 rings (SSSR count). The molecule has 152 valence electrons. The summed E-state index contributed by atoms with van der Waals surface area (Å²) in [6, 6.07) is 5.82. The van der Waals surface area contributed by atoms with Crippen LogP contribution in [0, 0.1) is 0 Å². The molecule has 1 aromatic carbocycles. The van der Waals surface area contributed by atoms with Crippen molar-refractivity contribution in [1.82, 2.24) is 15.1 Å². The molecule has 0 saturated heterocycles. The third-order valence-corrected chi connectivity index (χ3v) is 4.43. The number of aromatic nitrogens is 2. The summed E-state index contributed by atoms with van der Waals surface area (Å²) in [7, 11) is 1.52. The molecule has 2 aromatic rings. The van der Waals surface area contributed by atoms with E-state index in [1.54, 1.807) is 45.0 Å². The maximum Gasteiger partial charge on any atom is 0.410 e. The third-order valence-electron chi connectivity index (χ3n) is 4.43. The summed E-state index contributed by atoms with van der Waals surface area (Å²) < 4.78 is 47.1. The van der Waals surface area contributed by atoms with Crippen molar-refractivity contribution in [2.24, 2.45) is 0 Å². The number of alkyl halides is 3. The van der Waals surface area contributed by atoms with Gasteiger partial charge in [0.15, 0.2) is 11.7 Å². The number of anilines is 1. The topological polar surface area (TPSA) is 68.2 Å². The van der Waals surface area contributed by atoms with Crippen molar-refractivity contribution in [3.05, 3.63) is 41.6 Å². The zero-order valence-corrected chi connectivity index (χ0v) is 16.1. The van der Waals surface area contributed by atoms with Crippen LogP contribution in [0.2, 0.25) is 0 Å². The van der Waals surface area contributed by atoms with E-state index in [0.717, 1.165) is 4.68 Å². The molecule has 2 heterocycles. The molecule has 2 unspecified atom stereocenters. The van der Waals surface area contributed by atoms with Gasteiger partial charge in [0.1, 0.15) is 11.6 Å². The predicted octanol–water partition coefficient (Wildman–Crippen LogP) is 4.08. The maximum atomic E-state index is 13.7. The van der Waals surface area contributed by atoms with Crippen LogP contribution in [-0.2, 0) is 0 Å². The van der Waals surface area contributed by atoms with Crippen molar-refractivity contribution in [1.29, 1.82) is 0 Å². The molecule has 2 N–H and O–H groups in total. The molecular weight excluding hydrogens is 373 g/mol. The predicted molar refractivity (Wildman–Crippen MR) is 98.5 cm³/mol. The second kappa shape index (κ2) is 7.03. The minimum Gasteiger partial charge on any atom is -0.497 e. The van der Waals surface area contributed by atoms with Crippen LogP contribution in [0.25, 0.3) is 0 Å². The van der Waals surface area contributed by atoms with Crippen LogP contribution in [0.3, 0.4) is 0 Å². The van der Waals surface area contributed by atoms with E-state index in [1.165, 1.54) is 13.2 Å². The fourth-order valence-corrected chi connectivity index (χ4v) is 3.14. The number of ether oxygens (including phenoxy) is 1. The highest BCUT2D eigenvalue weighted by molar-refractivity contribution is 5.93. The molecule has 0 aliphatic carbocycles. The number of halogens is 3. The van der Waals surface area contributed by atoms with Crippen LogP contribution in [0.15, 0.2) is 30.3 Å². The van der Waals surface area contributed by atoms with Gasteiger partial charge in [0, 0.05) is 18.0 Å². The Morgan fingerprint density at radius 1 is 1.25 bits per heavy atom. The van der Waals surface area contributed by atoms with Crippen LogP contribution < -0.4 is 15.4 Å². The lowest BCUT2D eigenvalue weighted by Crippen LogP contribution is -2.41. The number of carbonyl (C=O) groups excluding carboxylic acids is 1. The number of hydrogen-bond acceptors (Lipinski definition) is 4. The zero-order valence-electron chi connectivity index (χ0n) is 16.1. The first kappa shape index (κ1) is 20.0. The van der Waals surface area contributed by atoms with Gasteiger partial charge in [-0.1, -0.05) is 12.1 Å². The van der Waals surface area contributed by atoms with E-state index in [9.17, 15) is 18.0 Å². The van der Waals surface area contributed by atoms with Crippen molar-refractivity contribution in [3.63, 3.8) is 0 Å². The summed E-state index contributed by atoms with van der Waals surface area (Å²) in [6.45, 7) is 5.37. The summed E-state index contributed by atoms with van der Waals surface area (Å²) in [6.07, 6.45) is -4.73. The van der Waals surface area contributed by atoms with Gasteiger partial charge in [-0.2, -0.15) is 18.3 Å². The first-order valence-corrected chi connectivity index (χ1v) is 8.87. The van der Waals surface area contributed by atoms with Crippen LogP contribution in [-0.4, -0.2) is 34.5 Å². The molecule has 1 aliphatic rings. The molecule has 9 heteroatoms. The number of rotatable bonds is 3. The van der Waals surface area contributed by atoms with Crippen molar-refractivity contribution >= 4 is 11.7 Å². The highest BCUT2D eigenvalue weighted by Crippen LogP contribution is 2.43. The second-order valence-corrected chi connectivity index (χ2v) is 7.83. The average molecular weight is 396 g/mol. The van der Waals surface area contributed by atoms with Gasteiger partial charge in [-0.15, -0.1) is 0 Å². The summed E-state index contributed by atoms with van der Waals surface area (Å²) >= 11 is 0. The molecule has 1 amide bonds. The van der Waals surface area contributed by atoms with E-state index in [1.807, 2.05) is 0 Å². The van der Waals surface area contributed by atoms with E-state index in [4.69, 9.17) is 4.74 Å². The standard InChI is InChI=1S/C19H23F3N4O2/c1-18(2,3)24-17(27)14-10-16-23-13(11-5-7-12(28-4)8-6-11)9-15(19(20,21)22)26(16)25-14/h5-8,10,13,15,23H,9H2,1-4H3,(H,24,27). The number of carbonyl (C=O) groups is 1. The zero-order chi connectivity index (χ0) is 20.7. The lowest BCUT2D eigenvalue weighted by molar-refractivity contribution is -0.173. The Balaban J connectivity index is 1.94. The second-order valence-electron chi connectivity index (χ2n) is 7.83. The van der Waals surface area contributed by atoms with Crippen molar-refractivity contribution in [2.75, 3.05) is 12.4 Å². The molecule has 1 aliphatic heterocycles. The van der Waals surface area contributed by atoms with Gasteiger partial charge < -0.3 is 15.4 Å².